The second kappa shape index (κ2) is 11.5. The number of unbranched alkanes of at least 4 members (excludes halogenated alkanes) is 1. The Morgan fingerprint density at radius 2 is 1.67 bits per heavy atom. The molecule has 1 amide bonds. The minimum absolute atomic E-state index is 0.146. The number of fused-ring (bicyclic) bond motifs is 1. The van der Waals surface area contributed by atoms with Crippen molar-refractivity contribution in [2.24, 2.45) is 0 Å². The quantitative estimate of drug-likeness (QED) is 0.282. The van der Waals surface area contributed by atoms with Crippen molar-refractivity contribution in [3.05, 3.63) is 95.3 Å². The molecule has 0 saturated heterocycles. The molecule has 0 aliphatic heterocycles. The van der Waals surface area contributed by atoms with Gasteiger partial charge in [0.15, 0.2) is 0 Å². The zero-order valence-corrected chi connectivity index (χ0v) is 19.3. The number of benzene rings is 3. The van der Waals surface area contributed by atoms with Crippen LogP contribution >= 0.6 is 11.6 Å². The number of halogens is 1. The average Bonchev–Trinajstić information content (AvgIpc) is 3.20. The Morgan fingerprint density at radius 1 is 0.909 bits per heavy atom. The van der Waals surface area contributed by atoms with Gasteiger partial charge in [0.2, 0.25) is 0 Å². The summed E-state index contributed by atoms with van der Waals surface area (Å²) in [5.74, 6) is 1.81. The predicted octanol–water partition coefficient (Wildman–Crippen LogP) is 5.91. The Kier molecular flexibility index (Phi) is 7.99. The zero-order valence-electron chi connectivity index (χ0n) is 18.5. The highest BCUT2D eigenvalue weighted by atomic mass is 35.5. The standard InChI is InChI=1S/C27H28ClN3O2/c28-23-14-5-4-13-22(23)27(32)29-18-10-17-26-30-24-15-6-7-16-25(24)31(26)19-8-9-20-33-21-11-2-1-3-12-21/h1-7,11-16H,8-10,17-20H2,(H,29,32). The Balaban J connectivity index is 1.30. The van der Waals surface area contributed by atoms with Crippen LogP contribution in [0.2, 0.25) is 5.02 Å². The third-order valence-corrected chi connectivity index (χ3v) is 5.83. The van der Waals surface area contributed by atoms with Crippen molar-refractivity contribution >= 4 is 28.5 Å². The first-order chi connectivity index (χ1) is 16.2. The van der Waals surface area contributed by atoms with Gasteiger partial charge < -0.3 is 14.6 Å². The van der Waals surface area contributed by atoms with E-state index in [2.05, 4.69) is 16.0 Å². The highest BCUT2D eigenvalue weighted by Gasteiger charge is 2.12. The van der Waals surface area contributed by atoms with Crippen LogP contribution in [0.3, 0.4) is 0 Å². The monoisotopic (exact) mass is 461 g/mol. The molecule has 6 heteroatoms. The number of hydrogen-bond donors (Lipinski definition) is 1. The fraction of sp³-hybridized carbons (Fsp3) is 0.259. The number of ether oxygens (including phenoxy) is 1. The number of hydrogen-bond acceptors (Lipinski definition) is 3. The van der Waals surface area contributed by atoms with E-state index in [0.717, 1.165) is 54.8 Å². The van der Waals surface area contributed by atoms with E-state index >= 15 is 0 Å². The van der Waals surface area contributed by atoms with Gasteiger partial charge in [0.25, 0.3) is 5.91 Å². The molecule has 4 aromatic rings. The molecule has 0 aliphatic rings. The van der Waals surface area contributed by atoms with Gasteiger partial charge in [-0.15, -0.1) is 0 Å². The van der Waals surface area contributed by atoms with Crippen molar-refractivity contribution in [3.8, 4) is 5.75 Å². The molecule has 1 heterocycles. The summed E-state index contributed by atoms with van der Waals surface area (Å²) in [5, 5.41) is 3.43. The smallest absolute Gasteiger partial charge is 0.252 e. The van der Waals surface area contributed by atoms with Crippen molar-refractivity contribution in [1.29, 1.82) is 0 Å². The van der Waals surface area contributed by atoms with E-state index < -0.39 is 0 Å². The maximum atomic E-state index is 12.4. The highest BCUT2D eigenvalue weighted by molar-refractivity contribution is 6.33. The molecule has 1 aromatic heterocycles. The number of aryl methyl sites for hydroxylation is 2. The van der Waals surface area contributed by atoms with Crippen molar-refractivity contribution in [3.63, 3.8) is 0 Å². The number of carbonyl (C=O) groups is 1. The third-order valence-electron chi connectivity index (χ3n) is 5.50. The van der Waals surface area contributed by atoms with E-state index in [-0.39, 0.29) is 5.91 Å². The third kappa shape index (κ3) is 6.14. The van der Waals surface area contributed by atoms with Gasteiger partial charge in [-0.3, -0.25) is 4.79 Å². The average molecular weight is 462 g/mol. The summed E-state index contributed by atoms with van der Waals surface area (Å²) >= 11 is 6.12. The molecule has 0 radical (unpaired) electrons. The Hall–Kier alpha value is -3.31. The SMILES string of the molecule is O=C(NCCCc1nc2ccccc2n1CCCCOc1ccccc1)c1ccccc1Cl. The Labute approximate surface area is 199 Å². The molecule has 5 nitrogen and oxygen atoms in total. The summed E-state index contributed by atoms with van der Waals surface area (Å²) in [5.41, 5.74) is 2.66. The van der Waals surface area contributed by atoms with Crippen LogP contribution in [0.1, 0.15) is 35.4 Å². The van der Waals surface area contributed by atoms with Gasteiger partial charge in [-0.25, -0.2) is 4.98 Å². The first-order valence-corrected chi connectivity index (χ1v) is 11.7. The van der Waals surface area contributed by atoms with E-state index in [0.29, 0.717) is 23.7 Å². The van der Waals surface area contributed by atoms with Crippen LogP contribution in [0.4, 0.5) is 0 Å². The normalized spacial score (nSPS) is 10.9. The van der Waals surface area contributed by atoms with Gasteiger partial charge >= 0.3 is 0 Å². The second-order valence-electron chi connectivity index (χ2n) is 7.88. The lowest BCUT2D eigenvalue weighted by Crippen LogP contribution is -2.25. The van der Waals surface area contributed by atoms with Crippen molar-refractivity contribution in [2.75, 3.05) is 13.2 Å². The number of carbonyl (C=O) groups excluding carboxylic acids is 1. The van der Waals surface area contributed by atoms with E-state index in [9.17, 15) is 4.79 Å². The lowest BCUT2D eigenvalue weighted by molar-refractivity contribution is 0.0953. The Morgan fingerprint density at radius 3 is 2.52 bits per heavy atom. The van der Waals surface area contributed by atoms with Crippen LogP contribution in [-0.2, 0) is 13.0 Å². The number of para-hydroxylation sites is 3. The molecule has 3 aromatic carbocycles. The number of imidazole rings is 1. The van der Waals surface area contributed by atoms with Crippen LogP contribution < -0.4 is 10.1 Å². The van der Waals surface area contributed by atoms with Gasteiger partial charge in [0, 0.05) is 19.5 Å². The van der Waals surface area contributed by atoms with Crippen LogP contribution in [-0.4, -0.2) is 28.6 Å². The maximum Gasteiger partial charge on any atom is 0.252 e. The zero-order chi connectivity index (χ0) is 22.9. The largest absolute Gasteiger partial charge is 0.494 e. The molecule has 170 valence electrons. The van der Waals surface area contributed by atoms with E-state index in [1.165, 1.54) is 0 Å². The summed E-state index contributed by atoms with van der Waals surface area (Å²) in [4.78, 5) is 17.2. The molecule has 0 unspecified atom stereocenters. The van der Waals surface area contributed by atoms with Gasteiger partial charge in [-0.2, -0.15) is 0 Å². The van der Waals surface area contributed by atoms with E-state index in [1.807, 2.05) is 60.7 Å². The molecule has 0 aliphatic carbocycles. The molecule has 0 saturated carbocycles. The van der Waals surface area contributed by atoms with Crippen LogP contribution in [0.25, 0.3) is 11.0 Å². The molecule has 0 fully saturated rings. The minimum Gasteiger partial charge on any atom is -0.494 e. The van der Waals surface area contributed by atoms with Crippen LogP contribution in [0, 0.1) is 0 Å². The number of aromatic nitrogens is 2. The second-order valence-corrected chi connectivity index (χ2v) is 8.28. The predicted molar refractivity (Wildman–Crippen MR) is 133 cm³/mol. The molecular formula is C27H28ClN3O2. The Bertz CT molecular complexity index is 1190. The lowest BCUT2D eigenvalue weighted by atomic mass is 10.2. The number of rotatable bonds is 11. The van der Waals surface area contributed by atoms with Gasteiger partial charge in [0.1, 0.15) is 11.6 Å². The van der Waals surface area contributed by atoms with E-state index in [1.54, 1.807) is 12.1 Å². The molecule has 33 heavy (non-hydrogen) atoms. The fourth-order valence-corrected chi connectivity index (χ4v) is 4.06. The molecule has 0 spiro atoms. The molecule has 1 N–H and O–H groups in total. The molecular weight excluding hydrogens is 434 g/mol. The first-order valence-electron chi connectivity index (χ1n) is 11.4. The maximum absolute atomic E-state index is 12.4. The summed E-state index contributed by atoms with van der Waals surface area (Å²) in [6.07, 6.45) is 3.56. The van der Waals surface area contributed by atoms with Gasteiger partial charge in [-0.05, 0) is 55.7 Å². The minimum atomic E-state index is -0.146. The fourth-order valence-electron chi connectivity index (χ4n) is 3.83. The topological polar surface area (TPSA) is 56.2 Å². The van der Waals surface area contributed by atoms with Crippen molar-refractivity contribution < 1.29 is 9.53 Å². The van der Waals surface area contributed by atoms with Gasteiger partial charge in [-0.1, -0.05) is 54.1 Å². The van der Waals surface area contributed by atoms with Crippen LogP contribution in [0.15, 0.2) is 78.9 Å². The number of nitrogens with zero attached hydrogens (tertiary/aromatic N) is 2. The summed E-state index contributed by atoms with van der Waals surface area (Å²) in [6, 6.07) is 25.2. The molecule has 0 atom stereocenters. The number of amides is 1. The van der Waals surface area contributed by atoms with Gasteiger partial charge in [0.05, 0.1) is 28.2 Å². The first kappa shape index (κ1) is 22.9. The van der Waals surface area contributed by atoms with Crippen LogP contribution in [0.5, 0.6) is 5.75 Å². The van der Waals surface area contributed by atoms with Crippen molar-refractivity contribution in [2.45, 2.75) is 32.2 Å². The van der Waals surface area contributed by atoms with Crippen molar-refractivity contribution in [1.82, 2.24) is 14.9 Å². The summed E-state index contributed by atoms with van der Waals surface area (Å²) in [7, 11) is 0. The molecule has 4 rings (SSSR count). The molecule has 0 bridgehead atoms. The summed E-state index contributed by atoms with van der Waals surface area (Å²) in [6.45, 7) is 2.15. The highest BCUT2D eigenvalue weighted by Crippen LogP contribution is 2.19. The number of nitrogens with one attached hydrogen (secondary N) is 1. The van der Waals surface area contributed by atoms with E-state index in [4.69, 9.17) is 21.3 Å². The summed E-state index contributed by atoms with van der Waals surface area (Å²) < 4.78 is 8.11. The lowest BCUT2D eigenvalue weighted by Gasteiger charge is -2.11.